The average molecular weight is 742 g/mol. The highest BCUT2D eigenvalue weighted by Gasteiger charge is 2.60. The predicted octanol–water partition coefficient (Wildman–Crippen LogP) is 6.04. The van der Waals surface area contributed by atoms with Crippen LogP contribution in [0, 0.1) is 0 Å². The number of halogens is 3. The average Bonchev–Trinajstić information content (AvgIpc) is 3.24. The van der Waals surface area contributed by atoms with E-state index < -0.39 is 37.0 Å². The number of amidine groups is 1. The highest BCUT2D eigenvalue weighted by molar-refractivity contribution is 7.90. The molecule has 2 amide bonds. The van der Waals surface area contributed by atoms with Crippen LogP contribution >= 0.6 is 34.8 Å². The molecule has 2 aliphatic rings. The van der Waals surface area contributed by atoms with Crippen LogP contribution in [-0.2, 0) is 30.9 Å². The molecule has 1 fully saturated rings. The molecule has 0 unspecified atom stereocenters. The molecule has 252 valence electrons. The minimum atomic E-state index is -3.82. The molecule has 10 nitrogen and oxygen atoms in total. The Bertz CT molecular complexity index is 1950. The number of urea groups is 1. The van der Waals surface area contributed by atoms with E-state index in [-0.39, 0.29) is 59.9 Å². The molecule has 1 saturated heterocycles. The van der Waals surface area contributed by atoms with Gasteiger partial charge in [-0.3, -0.25) is 9.89 Å². The van der Waals surface area contributed by atoms with Crippen LogP contribution in [0.25, 0.3) is 0 Å². The van der Waals surface area contributed by atoms with E-state index >= 15 is 0 Å². The van der Waals surface area contributed by atoms with Gasteiger partial charge in [-0.15, -0.1) is 0 Å². The summed E-state index contributed by atoms with van der Waals surface area (Å²) in [5, 5.41) is 0.973. The number of nitrogens with zero attached hydrogens (tertiary/aromatic N) is 4. The van der Waals surface area contributed by atoms with Crippen molar-refractivity contribution >= 4 is 66.5 Å². The van der Waals surface area contributed by atoms with Crippen molar-refractivity contribution in [2.45, 2.75) is 36.7 Å². The molecule has 3 aromatic rings. The summed E-state index contributed by atoms with van der Waals surface area (Å²) in [7, 11) is -7.28. The van der Waals surface area contributed by atoms with E-state index in [0.29, 0.717) is 15.6 Å². The topological polar surface area (TPSA) is 117 Å². The minimum absolute atomic E-state index is 0.0333. The molecule has 0 aliphatic carbocycles. The summed E-state index contributed by atoms with van der Waals surface area (Å²) in [4.78, 5) is 23.2. The van der Waals surface area contributed by atoms with Gasteiger partial charge < -0.3 is 9.64 Å². The van der Waals surface area contributed by atoms with Crippen molar-refractivity contribution < 1.29 is 26.4 Å². The molecule has 47 heavy (non-hydrogen) atoms. The lowest BCUT2D eigenvalue weighted by atomic mass is 9.71. The number of amides is 2. The second-order valence-electron chi connectivity index (χ2n) is 11.8. The summed E-state index contributed by atoms with van der Waals surface area (Å²) >= 11 is 19.1. The maximum atomic E-state index is 15.0. The van der Waals surface area contributed by atoms with Crippen LogP contribution in [0.4, 0.5) is 4.79 Å². The minimum Gasteiger partial charge on any atom is -0.493 e. The van der Waals surface area contributed by atoms with Crippen LogP contribution in [0.2, 0.25) is 15.1 Å². The largest absolute Gasteiger partial charge is 0.493 e. The van der Waals surface area contributed by atoms with Crippen LogP contribution < -0.4 is 4.74 Å². The highest BCUT2D eigenvalue weighted by Crippen LogP contribution is 2.54. The number of hydrogen-bond donors (Lipinski definition) is 0. The Morgan fingerprint density at radius 3 is 1.87 bits per heavy atom. The van der Waals surface area contributed by atoms with E-state index in [1.807, 2.05) is 38.1 Å². The zero-order chi connectivity index (χ0) is 34.5. The summed E-state index contributed by atoms with van der Waals surface area (Å²) in [5.41, 5.74) is -0.766. The maximum Gasteiger partial charge on any atom is 0.326 e. The maximum absolute atomic E-state index is 15.0. The predicted molar refractivity (Wildman–Crippen MR) is 185 cm³/mol. The van der Waals surface area contributed by atoms with Crippen molar-refractivity contribution in [2.75, 3.05) is 45.3 Å². The van der Waals surface area contributed by atoms with Gasteiger partial charge in [0.2, 0.25) is 10.0 Å². The van der Waals surface area contributed by atoms with E-state index in [4.69, 9.17) is 44.5 Å². The second-order valence-corrected chi connectivity index (χ2v) is 17.1. The molecule has 0 spiro atoms. The Morgan fingerprint density at radius 1 is 0.851 bits per heavy atom. The van der Waals surface area contributed by atoms with Crippen molar-refractivity contribution in [2.24, 2.45) is 4.99 Å². The normalized spacial score (nSPS) is 22.3. The van der Waals surface area contributed by atoms with Gasteiger partial charge in [-0.1, -0.05) is 59.1 Å². The number of piperazine rings is 1. The molecule has 3 aromatic carbocycles. The fraction of sp³-hybridized carbons (Fsp3) is 0.375. The van der Waals surface area contributed by atoms with Crippen LogP contribution in [0.1, 0.15) is 37.5 Å². The first-order chi connectivity index (χ1) is 21.9. The summed E-state index contributed by atoms with van der Waals surface area (Å²) in [6, 6.07) is 16.6. The lowest BCUT2D eigenvalue weighted by Crippen LogP contribution is -2.61. The van der Waals surface area contributed by atoms with Crippen LogP contribution in [0.3, 0.4) is 0 Å². The summed E-state index contributed by atoms with van der Waals surface area (Å²) < 4.78 is 57.7. The number of ether oxygens (including phenoxy) is 1. The SMILES string of the molecule is CCOc1cc(Cl)c(S(C)(=O)=O)cc1C1=N[C@@](C)(c2ccc(Cl)cc2)[C@@](C)(c2ccc(Cl)cc2)N1C(=O)N1CCN(S(C)(=O)=O)CC1. The molecule has 0 saturated carbocycles. The lowest BCUT2D eigenvalue weighted by molar-refractivity contribution is 0.0979. The molecule has 0 bridgehead atoms. The van der Waals surface area contributed by atoms with Gasteiger partial charge in [-0.05, 0) is 62.2 Å². The molecular formula is C32H35Cl3N4O6S2. The second kappa shape index (κ2) is 12.9. The first-order valence-corrected chi connectivity index (χ1v) is 19.6. The Morgan fingerprint density at radius 2 is 1.38 bits per heavy atom. The number of carbonyl (C=O) groups is 1. The van der Waals surface area contributed by atoms with Gasteiger partial charge in [0, 0.05) is 48.5 Å². The molecule has 15 heteroatoms. The Hall–Kier alpha value is -2.87. The molecule has 2 heterocycles. The third-order valence-electron chi connectivity index (χ3n) is 8.89. The molecule has 2 aliphatic heterocycles. The Balaban J connectivity index is 1.81. The smallest absolute Gasteiger partial charge is 0.326 e. The van der Waals surface area contributed by atoms with Crippen molar-refractivity contribution in [1.82, 2.24) is 14.1 Å². The zero-order valence-electron chi connectivity index (χ0n) is 26.5. The standard InChI is InChI=1S/C32H35Cl3N4O6S2/c1-6-45-27-20-26(35)28(46(4,41)42)19-25(27)29-36-31(2,21-7-11-23(33)12-8-21)32(3,22-9-13-24(34)14-10-22)39(29)30(40)37-15-17-38(18-16-37)47(5,43)44/h7-14,19-20H,6,15-18H2,1-5H3/t31-,32+/m0/s1. The number of aliphatic imine (C=N–C) groups is 1. The number of sulfone groups is 1. The van der Waals surface area contributed by atoms with E-state index in [1.165, 1.54) is 16.4 Å². The monoisotopic (exact) mass is 740 g/mol. The van der Waals surface area contributed by atoms with Gasteiger partial charge in [0.15, 0.2) is 9.84 Å². The van der Waals surface area contributed by atoms with Crippen molar-refractivity contribution in [1.29, 1.82) is 0 Å². The molecule has 0 radical (unpaired) electrons. The molecule has 0 aromatic heterocycles. The van der Waals surface area contributed by atoms with E-state index in [2.05, 4.69) is 0 Å². The summed E-state index contributed by atoms with van der Waals surface area (Å²) in [5.74, 6) is 0.391. The molecule has 0 N–H and O–H groups in total. The molecule has 2 atom stereocenters. The first kappa shape index (κ1) is 35.4. The Kier molecular flexibility index (Phi) is 9.70. The number of benzene rings is 3. The van der Waals surface area contributed by atoms with Crippen LogP contribution in [0.15, 0.2) is 70.6 Å². The molecular weight excluding hydrogens is 707 g/mol. The van der Waals surface area contributed by atoms with Crippen molar-refractivity contribution in [3.05, 3.63) is 92.4 Å². The van der Waals surface area contributed by atoms with Gasteiger partial charge in [-0.25, -0.2) is 21.6 Å². The van der Waals surface area contributed by atoms with Gasteiger partial charge in [0.1, 0.15) is 22.7 Å². The number of carbonyl (C=O) groups excluding carboxylic acids is 1. The third kappa shape index (κ3) is 6.48. The van der Waals surface area contributed by atoms with Gasteiger partial charge in [0.05, 0.1) is 28.3 Å². The van der Waals surface area contributed by atoms with E-state index in [1.54, 1.807) is 41.0 Å². The highest BCUT2D eigenvalue weighted by atomic mass is 35.5. The quantitative estimate of drug-likeness (QED) is 0.292. The van der Waals surface area contributed by atoms with Gasteiger partial charge in [-0.2, -0.15) is 4.31 Å². The first-order valence-electron chi connectivity index (χ1n) is 14.7. The van der Waals surface area contributed by atoms with Crippen LogP contribution in [-0.4, -0.2) is 88.1 Å². The zero-order valence-corrected chi connectivity index (χ0v) is 30.4. The van der Waals surface area contributed by atoms with Crippen molar-refractivity contribution in [3.8, 4) is 5.75 Å². The van der Waals surface area contributed by atoms with E-state index in [0.717, 1.165) is 18.1 Å². The Labute approximate surface area is 290 Å². The van der Waals surface area contributed by atoms with Crippen molar-refractivity contribution in [3.63, 3.8) is 0 Å². The summed E-state index contributed by atoms with van der Waals surface area (Å²) in [6.45, 7) is 6.25. The van der Waals surface area contributed by atoms with E-state index in [9.17, 15) is 21.6 Å². The number of rotatable bonds is 7. The van der Waals surface area contributed by atoms with Gasteiger partial charge in [0.25, 0.3) is 0 Å². The number of hydrogen-bond acceptors (Lipinski definition) is 7. The number of sulfonamides is 1. The van der Waals surface area contributed by atoms with Crippen LogP contribution in [0.5, 0.6) is 5.75 Å². The van der Waals surface area contributed by atoms with Gasteiger partial charge >= 0.3 is 6.03 Å². The fourth-order valence-electron chi connectivity index (χ4n) is 6.19. The third-order valence-corrected chi connectivity index (χ3v) is 12.3. The lowest BCUT2D eigenvalue weighted by Gasteiger charge is -2.47. The molecule has 5 rings (SSSR count). The summed E-state index contributed by atoms with van der Waals surface area (Å²) in [6.07, 6.45) is 2.19. The fourth-order valence-corrected chi connectivity index (χ4v) is 8.59.